The monoisotopic (exact) mass is 608 g/mol. The lowest BCUT2D eigenvalue weighted by atomic mass is 10.1. The first-order valence-electron chi connectivity index (χ1n) is 13.5. The summed E-state index contributed by atoms with van der Waals surface area (Å²) in [7, 11) is 0. The molecule has 3 rings (SSSR count). The van der Waals surface area contributed by atoms with Gasteiger partial charge in [-0.2, -0.15) is 0 Å². The van der Waals surface area contributed by atoms with Crippen molar-refractivity contribution < 1.29 is 33.8 Å². The van der Waals surface area contributed by atoms with Crippen LogP contribution < -0.4 is 10.6 Å². The number of nitrogens with zero attached hydrogens (tertiary/aromatic N) is 6. The Morgan fingerprint density at radius 2 is 1.93 bits per heavy atom. The number of hydrogen-bond donors (Lipinski definition) is 3. The molecule has 0 radical (unpaired) electrons. The molecule has 16 heteroatoms. The van der Waals surface area contributed by atoms with Crippen LogP contribution in [0.5, 0.6) is 0 Å². The third-order valence-electron chi connectivity index (χ3n) is 6.05. The van der Waals surface area contributed by atoms with Gasteiger partial charge in [0.2, 0.25) is 5.91 Å². The van der Waals surface area contributed by atoms with E-state index in [9.17, 15) is 19.2 Å². The zero-order valence-corrected chi connectivity index (χ0v) is 24.7. The van der Waals surface area contributed by atoms with E-state index in [2.05, 4.69) is 25.9 Å². The van der Waals surface area contributed by atoms with Crippen LogP contribution in [0.1, 0.15) is 44.1 Å². The molecule has 0 saturated carbocycles. The molecule has 3 N–H and O–H groups in total. The Morgan fingerprint density at radius 1 is 1.19 bits per heavy atom. The molecular formula is C26H37ClN8O7. The third kappa shape index (κ3) is 11.2. The molecule has 0 aromatic carbocycles. The molecule has 3 heterocycles. The van der Waals surface area contributed by atoms with Crippen molar-refractivity contribution in [2.75, 3.05) is 51.2 Å². The number of piperidine rings is 1. The molecule has 1 saturated heterocycles. The minimum atomic E-state index is -0.846. The second kappa shape index (κ2) is 15.4. The van der Waals surface area contributed by atoms with Crippen molar-refractivity contribution >= 4 is 41.2 Å². The number of likely N-dealkylation sites (tertiary alicyclic amines) is 1. The Kier molecular flexibility index (Phi) is 12.0. The summed E-state index contributed by atoms with van der Waals surface area (Å²) in [6.45, 7) is 7.18. The number of pyridine rings is 1. The molecule has 42 heavy (non-hydrogen) atoms. The Bertz CT molecular complexity index is 1210. The Balaban J connectivity index is 1.46. The number of halogens is 1. The lowest BCUT2D eigenvalue weighted by Gasteiger charge is -2.30. The van der Waals surface area contributed by atoms with Gasteiger partial charge < -0.3 is 25.2 Å². The maximum absolute atomic E-state index is 12.8. The van der Waals surface area contributed by atoms with E-state index < -0.39 is 29.5 Å². The molecule has 2 aromatic heterocycles. The van der Waals surface area contributed by atoms with Gasteiger partial charge in [0, 0.05) is 32.4 Å². The summed E-state index contributed by atoms with van der Waals surface area (Å²) in [4.78, 5) is 56.0. The second-order valence-corrected chi connectivity index (χ2v) is 11.0. The summed E-state index contributed by atoms with van der Waals surface area (Å²) in [5.41, 5.74) is -0.518. The maximum atomic E-state index is 12.8. The van der Waals surface area contributed by atoms with E-state index in [0.717, 1.165) is 12.8 Å². The van der Waals surface area contributed by atoms with Crippen molar-refractivity contribution in [1.82, 2.24) is 35.1 Å². The number of carbonyl (C=O) groups is 4. The second-order valence-electron chi connectivity index (χ2n) is 10.6. The van der Waals surface area contributed by atoms with E-state index in [1.807, 2.05) is 4.90 Å². The molecule has 230 valence electrons. The highest BCUT2D eigenvalue weighted by Crippen LogP contribution is 2.20. The minimum absolute atomic E-state index is 0.0104. The maximum Gasteiger partial charge on any atom is 0.410 e. The van der Waals surface area contributed by atoms with Crippen LogP contribution in [0, 0.1) is 0 Å². The van der Waals surface area contributed by atoms with Crippen molar-refractivity contribution in [2.24, 2.45) is 0 Å². The largest absolute Gasteiger partial charge is 0.480 e. The highest BCUT2D eigenvalue weighted by Gasteiger charge is 2.25. The average molecular weight is 609 g/mol. The normalized spacial score (nSPS) is 14.3. The van der Waals surface area contributed by atoms with Gasteiger partial charge in [0.1, 0.15) is 17.8 Å². The van der Waals surface area contributed by atoms with Crippen LogP contribution in [0.3, 0.4) is 0 Å². The fourth-order valence-corrected chi connectivity index (χ4v) is 4.26. The van der Waals surface area contributed by atoms with Crippen LogP contribution >= 0.6 is 11.6 Å². The standard InChI is InChI=1S/C26H37ClN8O7/c1-26(2,3)42-25(40)34(13-14-35-12-8-29-32-35)16-21(36)30-19-4-5-20(31-23(19)27)24(39)28-9-15-41-18-6-10-33(11-7-18)17-22(37)38/h4-5,8,12,18H,6-7,9-11,13-17H2,1-3H3,(H,28,39)(H,30,36)(H,37,38). The Hall–Kier alpha value is -3.82. The molecule has 1 fully saturated rings. The molecule has 0 unspecified atom stereocenters. The zero-order valence-electron chi connectivity index (χ0n) is 23.9. The summed E-state index contributed by atoms with van der Waals surface area (Å²) < 4.78 is 12.7. The number of rotatable bonds is 13. The summed E-state index contributed by atoms with van der Waals surface area (Å²) in [6.07, 6.45) is 3.94. The number of aromatic nitrogens is 4. The predicted octanol–water partition coefficient (Wildman–Crippen LogP) is 1.50. The lowest BCUT2D eigenvalue weighted by Crippen LogP contribution is -2.43. The summed E-state index contributed by atoms with van der Waals surface area (Å²) in [5.74, 6) is -1.84. The van der Waals surface area contributed by atoms with E-state index >= 15 is 0 Å². The van der Waals surface area contributed by atoms with Crippen molar-refractivity contribution in [3.05, 3.63) is 35.4 Å². The van der Waals surface area contributed by atoms with E-state index in [1.54, 1.807) is 27.0 Å². The number of amides is 3. The number of ether oxygens (including phenoxy) is 2. The molecule has 0 bridgehead atoms. The van der Waals surface area contributed by atoms with Crippen LogP contribution in [0.4, 0.5) is 10.5 Å². The first-order valence-corrected chi connectivity index (χ1v) is 13.9. The van der Waals surface area contributed by atoms with Crippen molar-refractivity contribution in [1.29, 1.82) is 0 Å². The van der Waals surface area contributed by atoms with Crippen molar-refractivity contribution in [2.45, 2.75) is 51.9 Å². The first kappa shape index (κ1) is 32.7. The average Bonchev–Trinajstić information content (AvgIpc) is 3.43. The van der Waals surface area contributed by atoms with Gasteiger partial charge >= 0.3 is 12.1 Å². The highest BCUT2D eigenvalue weighted by molar-refractivity contribution is 6.32. The number of anilines is 1. The quantitative estimate of drug-likeness (QED) is 0.221. The molecule has 3 amide bonds. The molecule has 0 spiro atoms. The summed E-state index contributed by atoms with van der Waals surface area (Å²) in [5, 5.41) is 21.7. The Morgan fingerprint density at radius 3 is 2.55 bits per heavy atom. The number of carboxylic acid groups (broad SMARTS) is 1. The van der Waals surface area contributed by atoms with Crippen LogP contribution in [-0.2, 0) is 25.6 Å². The van der Waals surface area contributed by atoms with Crippen molar-refractivity contribution in [3.63, 3.8) is 0 Å². The minimum Gasteiger partial charge on any atom is -0.480 e. The SMILES string of the molecule is CC(C)(C)OC(=O)N(CCn1ccnn1)CC(=O)Nc1ccc(C(=O)NCCOC2CCN(CC(=O)O)CC2)nc1Cl. The molecule has 1 aliphatic heterocycles. The van der Waals surface area contributed by atoms with E-state index in [0.29, 0.717) is 26.2 Å². The van der Waals surface area contributed by atoms with Gasteiger partial charge in [-0.05, 0) is 45.7 Å². The van der Waals surface area contributed by atoms with Gasteiger partial charge in [-0.1, -0.05) is 16.8 Å². The summed E-state index contributed by atoms with van der Waals surface area (Å²) in [6, 6.07) is 2.88. The van der Waals surface area contributed by atoms with Crippen LogP contribution in [-0.4, -0.2) is 116 Å². The molecule has 2 aromatic rings. The van der Waals surface area contributed by atoms with Crippen LogP contribution in [0.15, 0.2) is 24.5 Å². The first-order chi connectivity index (χ1) is 19.9. The number of carboxylic acids is 1. The molecule has 0 aliphatic carbocycles. The fraction of sp³-hybridized carbons (Fsp3) is 0.577. The Labute approximate surface area is 248 Å². The molecule has 0 atom stereocenters. The third-order valence-corrected chi connectivity index (χ3v) is 6.34. The number of carbonyl (C=O) groups excluding carboxylic acids is 3. The molecule has 1 aliphatic rings. The highest BCUT2D eigenvalue weighted by atomic mass is 35.5. The zero-order chi connectivity index (χ0) is 30.7. The van der Waals surface area contributed by atoms with Gasteiger partial charge in [0.15, 0.2) is 5.15 Å². The van der Waals surface area contributed by atoms with Gasteiger partial charge in [-0.15, -0.1) is 5.10 Å². The topological polar surface area (TPSA) is 181 Å². The van der Waals surface area contributed by atoms with Gasteiger partial charge in [0.05, 0.1) is 37.7 Å². The number of nitrogens with one attached hydrogen (secondary N) is 2. The fourth-order valence-electron chi connectivity index (χ4n) is 4.06. The van der Waals surface area contributed by atoms with E-state index in [-0.39, 0.29) is 48.8 Å². The number of hydrogen-bond acceptors (Lipinski definition) is 10. The van der Waals surface area contributed by atoms with Crippen LogP contribution in [0.25, 0.3) is 0 Å². The van der Waals surface area contributed by atoms with Gasteiger partial charge in [-0.25, -0.2) is 9.78 Å². The number of aliphatic carboxylic acids is 1. The predicted molar refractivity (Wildman–Crippen MR) is 151 cm³/mol. The molecular weight excluding hydrogens is 572 g/mol. The lowest BCUT2D eigenvalue weighted by molar-refractivity contribution is -0.139. The van der Waals surface area contributed by atoms with E-state index in [1.165, 1.54) is 27.9 Å². The smallest absolute Gasteiger partial charge is 0.410 e. The van der Waals surface area contributed by atoms with E-state index in [4.69, 9.17) is 26.2 Å². The van der Waals surface area contributed by atoms with Crippen molar-refractivity contribution in [3.8, 4) is 0 Å². The van der Waals surface area contributed by atoms with Gasteiger partial charge in [0.25, 0.3) is 5.91 Å². The summed E-state index contributed by atoms with van der Waals surface area (Å²) >= 11 is 6.24. The molecule has 15 nitrogen and oxygen atoms in total. The van der Waals surface area contributed by atoms with Crippen LogP contribution in [0.2, 0.25) is 5.15 Å². The van der Waals surface area contributed by atoms with Gasteiger partial charge in [-0.3, -0.25) is 28.9 Å².